The number of aromatic nitrogens is 1. The van der Waals surface area contributed by atoms with Crippen molar-refractivity contribution in [3.8, 4) is 22.6 Å². The van der Waals surface area contributed by atoms with Crippen LogP contribution in [0.1, 0.15) is 0 Å². The molecule has 3 heteroatoms. The first-order valence-electron chi connectivity index (χ1n) is 10.7. The summed E-state index contributed by atoms with van der Waals surface area (Å²) >= 11 is 0. The van der Waals surface area contributed by atoms with Gasteiger partial charge >= 0.3 is 0 Å². The fourth-order valence-electron chi connectivity index (χ4n) is 4.13. The Hall–Kier alpha value is -4.37. The van der Waals surface area contributed by atoms with Crippen LogP contribution in [-0.4, -0.2) is 4.98 Å². The second-order valence-corrected chi connectivity index (χ2v) is 7.76. The van der Waals surface area contributed by atoms with E-state index in [2.05, 4.69) is 77.0 Å². The van der Waals surface area contributed by atoms with Crippen molar-refractivity contribution >= 4 is 33.2 Å². The fourth-order valence-corrected chi connectivity index (χ4v) is 4.13. The highest BCUT2D eigenvalue weighted by Crippen LogP contribution is 2.33. The number of para-hydroxylation sites is 3. The highest BCUT2D eigenvalue weighted by atomic mass is 16.3. The van der Waals surface area contributed by atoms with Gasteiger partial charge in [-0.1, -0.05) is 78.9 Å². The standard InChI is InChI=1S/C29H20N2O/c1-2-10-23-20(8-1)9-7-12-24(23)21-16-18-22(19-17-21)30-26-13-4-3-11-25(26)29-31-27-14-5-6-15-28(27)32-29/h1-19,30H. The van der Waals surface area contributed by atoms with Gasteiger partial charge in [0, 0.05) is 5.69 Å². The Morgan fingerprint density at radius 1 is 0.594 bits per heavy atom. The molecule has 0 radical (unpaired) electrons. The summed E-state index contributed by atoms with van der Waals surface area (Å²) in [6.45, 7) is 0. The molecule has 3 nitrogen and oxygen atoms in total. The van der Waals surface area contributed by atoms with Crippen LogP contribution in [0.2, 0.25) is 0 Å². The van der Waals surface area contributed by atoms with E-state index >= 15 is 0 Å². The van der Waals surface area contributed by atoms with Gasteiger partial charge in [0.25, 0.3) is 0 Å². The molecule has 1 N–H and O–H groups in total. The van der Waals surface area contributed by atoms with Gasteiger partial charge in [-0.15, -0.1) is 0 Å². The van der Waals surface area contributed by atoms with Gasteiger partial charge in [0.2, 0.25) is 5.89 Å². The van der Waals surface area contributed by atoms with Crippen molar-refractivity contribution in [2.45, 2.75) is 0 Å². The third-order valence-corrected chi connectivity index (χ3v) is 5.72. The molecule has 0 atom stereocenters. The van der Waals surface area contributed by atoms with Crippen molar-refractivity contribution in [1.82, 2.24) is 4.98 Å². The minimum Gasteiger partial charge on any atom is -0.436 e. The van der Waals surface area contributed by atoms with Crippen molar-refractivity contribution in [2.75, 3.05) is 5.32 Å². The lowest BCUT2D eigenvalue weighted by atomic mass is 9.98. The molecule has 1 heterocycles. The van der Waals surface area contributed by atoms with E-state index in [0.29, 0.717) is 5.89 Å². The van der Waals surface area contributed by atoms with E-state index in [1.807, 2.05) is 48.5 Å². The van der Waals surface area contributed by atoms with Crippen molar-refractivity contribution in [1.29, 1.82) is 0 Å². The van der Waals surface area contributed by atoms with Crippen LogP contribution in [-0.2, 0) is 0 Å². The third-order valence-electron chi connectivity index (χ3n) is 5.72. The topological polar surface area (TPSA) is 38.1 Å². The average Bonchev–Trinajstić information content (AvgIpc) is 3.29. The lowest BCUT2D eigenvalue weighted by Crippen LogP contribution is -1.93. The number of fused-ring (bicyclic) bond motifs is 2. The van der Waals surface area contributed by atoms with E-state index in [9.17, 15) is 0 Å². The second-order valence-electron chi connectivity index (χ2n) is 7.76. The van der Waals surface area contributed by atoms with Gasteiger partial charge < -0.3 is 9.73 Å². The maximum absolute atomic E-state index is 6.00. The summed E-state index contributed by atoms with van der Waals surface area (Å²) in [6.07, 6.45) is 0. The van der Waals surface area contributed by atoms with Gasteiger partial charge in [-0.25, -0.2) is 4.98 Å². The van der Waals surface area contributed by atoms with Crippen LogP contribution in [0.4, 0.5) is 11.4 Å². The summed E-state index contributed by atoms with van der Waals surface area (Å²) in [6, 6.07) is 39.4. The van der Waals surface area contributed by atoms with E-state index in [-0.39, 0.29) is 0 Å². The summed E-state index contributed by atoms with van der Waals surface area (Å²) in [5, 5.41) is 6.04. The molecule has 0 unspecified atom stereocenters. The predicted octanol–water partition coefficient (Wildman–Crippen LogP) is 8.06. The van der Waals surface area contributed by atoms with Crippen LogP contribution in [0, 0.1) is 0 Å². The zero-order valence-corrected chi connectivity index (χ0v) is 17.3. The predicted molar refractivity (Wildman–Crippen MR) is 132 cm³/mol. The number of benzene rings is 5. The molecule has 0 amide bonds. The molecule has 0 saturated heterocycles. The van der Waals surface area contributed by atoms with Crippen LogP contribution in [0.5, 0.6) is 0 Å². The molecule has 6 rings (SSSR count). The minimum atomic E-state index is 0.613. The van der Waals surface area contributed by atoms with Gasteiger partial charge in [-0.05, 0) is 58.3 Å². The largest absolute Gasteiger partial charge is 0.436 e. The zero-order chi connectivity index (χ0) is 21.3. The van der Waals surface area contributed by atoms with E-state index in [0.717, 1.165) is 28.0 Å². The molecule has 0 fully saturated rings. The normalized spacial score (nSPS) is 11.1. The molecule has 0 aliphatic heterocycles. The molecule has 1 aromatic heterocycles. The molecule has 0 aliphatic carbocycles. The van der Waals surface area contributed by atoms with Gasteiger partial charge in [-0.2, -0.15) is 0 Å². The SMILES string of the molecule is c1ccc(-c2nc3ccccc3o2)c(Nc2ccc(-c3cccc4ccccc34)cc2)c1. The average molecular weight is 412 g/mol. The lowest BCUT2D eigenvalue weighted by Gasteiger charge is -2.12. The molecule has 0 spiro atoms. The fraction of sp³-hybridized carbons (Fsp3) is 0. The maximum Gasteiger partial charge on any atom is 0.229 e. The Bertz CT molecular complexity index is 1510. The number of hydrogen-bond acceptors (Lipinski definition) is 3. The highest BCUT2D eigenvalue weighted by Gasteiger charge is 2.12. The first-order chi connectivity index (χ1) is 15.8. The number of oxazole rings is 1. The number of hydrogen-bond donors (Lipinski definition) is 1. The Morgan fingerprint density at radius 3 is 2.22 bits per heavy atom. The summed E-state index contributed by atoms with van der Waals surface area (Å²) in [4.78, 5) is 4.66. The summed E-state index contributed by atoms with van der Waals surface area (Å²) in [5.41, 5.74) is 6.98. The number of nitrogens with zero attached hydrogens (tertiary/aromatic N) is 1. The Balaban J connectivity index is 1.33. The smallest absolute Gasteiger partial charge is 0.229 e. The van der Waals surface area contributed by atoms with Crippen molar-refractivity contribution < 1.29 is 4.42 Å². The van der Waals surface area contributed by atoms with E-state index in [1.165, 1.54) is 21.9 Å². The summed E-state index contributed by atoms with van der Waals surface area (Å²) in [5.74, 6) is 0.613. The maximum atomic E-state index is 6.00. The van der Waals surface area contributed by atoms with E-state index < -0.39 is 0 Å². The quantitative estimate of drug-likeness (QED) is 0.318. The molecule has 5 aromatic carbocycles. The Labute approximate surface area is 186 Å². The Morgan fingerprint density at radius 2 is 1.31 bits per heavy atom. The Kier molecular flexibility index (Phi) is 4.43. The van der Waals surface area contributed by atoms with Crippen LogP contribution in [0.25, 0.3) is 44.5 Å². The highest BCUT2D eigenvalue weighted by molar-refractivity contribution is 5.96. The van der Waals surface area contributed by atoms with E-state index in [1.54, 1.807) is 0 Å². The first-order valence-corrected chi connectivity index (χ1v) is 10.7. The molecule has 152 valence electrons. The summed E-state index contributed by atoms with van der Waals surface area (Å²) in [7, 11) is 0. The van der Waals surface area contributed by atoms with Gasteiger partial charge in [0.1, 0.15) is 5.52 Å². The number of anilines is 2. The molecule has 32 heavy (non-hydrogen) atoms. The van der Waals surface area contributed by atoms with Crippen LogP contribution >= 0.6 is 0 Å². The zero-order valence-electron chi connectivity index (χ0n) is 17.3. The summed E-state index contributed by atoms with van der Waals surface area (Å²) < 4.78 is 6.00. The molecule has 0 saturated carbocycles. The van der Waals surface area contributed by atoms with Crippen LogP contribution < -0.4 is 5.32 Å². The van der Waals surface area contributed by atoms with Crippen LogP contribution in [0.3, 0.4) is 0 Å². The molecule has 6 aromatic rings. The van der Waals surface area contributed by atoms with Crippen molar-refractivity contribution in [3.05, 3.63) is 115 Å². The number of rotatable bonds is 4. The molecular weight excluding hydrogens is 392 g/mol. The van der Waals surface area contributed by atoms with Crippen molar-refractivity contribution in [3.63, 3.8) is 0 Å². The lowest BCUT2D eigenvalue weighted by molar-refractivity contribution is 0.620. The van der Waals surface area contributed by atoms with Gasteiger partial charge in [-0.3, -0.25) is 0 Å². The van der Waals surface area contributed by atoms with Crippen LogP contribution in [0.15, 0.2) is 120 Å². The van der Waals surface area contributed by atoms with E-state index in [4.69, 9.17) is 4.42 Å². The number of nitrogens with one attached hydrogen (secondary N) is 1. The molecular formula is C29H20N2O. The third kappa shape index (κ3) is 3.30. The van der Waals surface area contributed by atoms with Crippen molar-refractivity contribution in [2.24, 2.45) is 0 Å². The first kappa shape index (κ1) is 18.4. The van der Waals surface area contributed by atoms with Gasteiger partial charge in [0.15, 0.2) is 5.58 Å². The second kappa shape index (κ2) is 7.71. The molecule has 0 aliphatic rings. The van der Waals surface area contributed by atoms with Gasteiger partial charge in [0.05, 0.1) is 11.3 Å². The minimum absolute atomic E-state index is 0.613. The monoisotopic (exact) mass is 412 g/mol. The molecule has 0 bridgehead atoms.